The number of nitriles is 1. The fraction of sp³-hybridized carbons (Fsp3) is 0.846. The summed E-state index contributed by atoms with van der Waals surface area (Å²) in [6.07, 6.45) is 1.07. The Kier molecular flexibility index (Phi) is 5.58. The lowest BCUT2D eigenvalue weighted by Crippen LogP contribution is -2.50. The molecule has 2 heterocycles. The smallest absolute Gasteiger partial charge is 0.225 e. The fourth-order valence-corrected chi connectivity index (χ4v) is 2.50. The quantitative estimate of drug-likeness (QED) is 0.737. The maximum atomic E-state index is 12.1. The van der Waals surface area contributed by atoms with Gasteiger partial charge in [-0.05, 0) is 0 Å². The zero-order chi connectivity index (χ0) is 13.5. The zero-order valence-electron chi connectivity index (χ0n) is 11.3. The van der Waals surface area contributed by atoms with Gasteiger partial charge >= 0.3 is 0 Å². The molecule has 0 aromatic heterocycles. The highest BCUT2D eigenvalue weighted by atomic mass is 16.5. The first-order valence-electron chi connectivity index (χ1n) is 6.99. The SMILES string of the molecule is N#CCCN1CCN(C(=O)CC2CNCCO2)CC1. The molecular weight excluding hydrogens is 244 g/mol. The standard InChI is InChI=1S/C13H22N4O2/c14-2-1-4-16-5-7-17(8-6-16)13(18)10-12-11-15-3-9-19-12/h12,15H,1,3-11H2. The van der Waals surface area contributed by atoms with E-state index >= 15 is 0 Å². The Morgan fingerprint density at radius 1 is 1.37 bits per heavy atom. The van der Waals surface area contributed by atoms with Crippen molar-refractivity contribution in [3.63, 3.8) is 0 Å². The van der Waals surface area contributed by atoms with Crippen LogP contribution >= 0.6 is 0 Å². The number of rotatable bonds is 4. The highest BCUT2D eigenvalue weighted by Crippen LogP contribution is 2.08. The van der Waals surface area contributed by atoms with Gasteiger partial charge in [-0.3, -0.25) is 9.69 Å². The minimum absolute atomic E-state index is 0.0258. The van der Waals surface area contributed by atoms with E-state index in [0.29, 0.717) is 19.4 Å². The average Bonchev–Trinajstić information content (AvgIpc) is 2.46. The first kappa shape index (κ1) is 14.3. The normalized spacial score (nSPS) is 25.0. The van der Waals surface area contributed by atoms with E-state index < -0.39 is 0 Å². The van der Waals surface area contributed by atoms with E-state index in [1.54, 1.807) is 0 Å². The number of morpholine rings is 1. The first-order chi connectivity index (χ1) is 9.29. The molecule has 0 aromatic rings. The van der Waals surface area contributed by atoms with Gasteiger partial charge in [-0.15, -0.1) is 0 Å². The minimum atomic E-state index is 0.0258. The molecule has 0 spiro atoms. The molecule has 106 valence electrons. The maximum Gasteiger partial charge on any atom is 0.225 e. The number of carbonyl (C=O) groups excluding carboxylic acids is 1. The number of carbonyl (C=O) groups is 1. The molecule has 0 radical (unpaired) electrons. The molecule has 0 aliphatic carbocycles. The van der Waals surface area contributed by atoms with Gasteiger partial charge in [-0.2, -0.15) is 5.26 Å². The van der Waals surface area contributed by atoms with Gasteiger partial charge in [0.15, 0.2) is 0 Å². The van der Waals surface area contributed by atoms with Crippen molar-refractivity contribution >= 4 is 5.91 Å². The van der Waals surface area contributed by atoms with Crippen LogP contribution in [-0.4, -0.2) is 74.2 Å². The second-order valence-electron chi connectivity index (χ2n) is 5.03. The summed E-state index contributed by atoms with van der Waals surface area (Å²) in [7, 11) is 0. The van der Waals surface area contributed by atoms with Gasteiger partial charge < -0.3 is 15.0 Å². The van der Waals surface area contributed by atoms with E-state index in [9.17, 15) is 4.79 Å². The molecule has 2 aliphatic heterocycles. The summed E-state index contributed by atoms with van der Waals surface area (Å²) in [6, 6.07) is 2.16. The van der Waals surface area contributed by atoms with E-state index in [2.05, 4.69) is 16.3 Å². The van der Waals surface area contributed by atoms with Crippen LogP contribution < -0.4 is 5.32 Å². The van der Waals surface area contributed by atoms with Crippen LogP contribution in [0.25, 0.3) is 0 Å². The predicted molar refractivity (Wildman–Crippen MR) is 70.5 cm³/mol. The summed E-state index contributed by atoms with van der Waals surface area (Å²) >= 11 is 0. The van der Waals surface area contributed by atoms with Gasteiger partial charge in [0.1, 0.15) is 0 Å². The lowest BCUT2D eigenvalue weighted by molar-refractivity contribution is -0.136. The summed E-state index contributed by atoms with van der Waals surface area (Å²) < 4.78 is 5.56. The molecule has 2 rings (SSSR count). The minimum Gasteiger partial charge on any atom is -0.375 e. The Morgan fingerprint density at radius 2 is 2.16 bits per heavy atom. The Labute approximate surface area is 114 Å². The molecule has 2 saturated heterocycles. The molecule has 2 fully saturated rings. The monoisotopic (exact) mass is 266 g/mol. The van der Waals surface area contributed by atoms with Crippen molar-refractivity contribution < 1.29 is 9.53 Å². The van der Waals surface area contributed by atoms with Crippen LogP contribution in [0.1, 0.15) is 12.8 Å². The molecule has 1 N–H and O–H groups in total. The van der Waals surface area contributed by atoms with Gasteiger partial charge in [0.25, 0.3) is 0 Å². The number of nitrogens with one attached hydrogen (secondary N) is 1. The average molecular weight is 266 g/mol. The predicted octanol–water partition coefficient (Wildman–Crippen LogP) is -0.577. The molecular formula is C13H22N4O2. The van der Waals surface area contributed by atoms with Crippen LogP contribution in [0.2, 0.25) is 0 Å². The van der Waals surface area contributed by atoms with Crippen molar-refractivity contribution in [3.8, 4) is 6.07 Å². The maximum absolute atomic E-state index is 12.1. The highest BCUT2D eigenvalue weighted by Gasteiger charge is 2.24. The summed E-state index contributed by atoms with van der Waals surface area (Å²) in [6.45, 7) is 6.44. The first-order valence-corrected chi connectivity index (χ1v) is 6.99. The summed E-state index contributed by atoms with van der Waals surface area (Å²) in [5.74, 6) is 0.189. The van der Waals surface area contributed by atoms with Crippen molar-refractivity contribution in [1.82, 2.24) is 15.1 Å². The molecule has 1 amide bonds. The van der Waals surface area contributed by atoms with Crippen molar-refractivity contribution in [2.24, 2.45) is 0 Å². The molecule has 19 heavy (non-hydrogen) atoms. The number of ether oxygens (including phenoxy) is 1. The Morgan fingerprint density at radius 3 is 2.79 bits per heavy atom. The molecule has 1 unspecified atom stereocenters. The largest absolute Gasteiger partial charge is 0.375 e. The van der Waals surface area contributed by atoms with E-state index in [4.69, 9.17) is 10.00 Å². The van der Waals surface area contributed by atoms with Gasteiger partial charge in [0.05, 0.1) is 25.2 Å². The molecule has 1 atom stereocenters. The lowest BCUT2D eigenvalue weighted by Gasteiger charge is -2.35. The molecule has 2 aliphatic rings. The Hall–Kier alpha value is -1.16. The number of nitrogens with zero attached hydrogens (tertiary/aromatic N) is 3. The van der Waals surface area contributed by atoms with E-state index in [-0.39, 0.29) is 12.0 Å². The van der Waals surface area contributed by atoms with Crippen molar-refractivity contribution in [1.29, 1.82) is 5.26 Å². The van der Waals surface area contributed by atoms with E-state index in [1.807, 2.05) is 4.90 Å². The van der Waals surface area contributed by atoms with Crippen LogP contribution in [0.15, 0.2) is 0 Å². The zero-order valence-corrected chi connectivity index (χ0v) is 11.3. The third-order valence-corrected chi connectivity index (χ3v) is 3.67. The van der Waals surface area contributed by atoms with Crippen LogP contribution in [0, 0.1) is 11.3 Å². The van der Waals surface area contributed by atoms with Gasteiger partial charge in [-0.1, -0.05) is 0 Å². The van der Waals surface area contributed by atoms with Crippen LogP contribution in [0.3, 0.4) is 0 Å². The molecule has 0 aromatic carbocycles. The van der Waals surface area contributed by atoms with Gasteiger partial charge in [0, 0.05) is 52.2 Å². The number of hydrogen-bond donors (Lipinski definition) is 1. The Bertz CT molecular complexity index is 328. The summed E-state index contributed by atoms with van der Waals surface area (Å²) in [5.41, 5.74) is 0. The van der Waals surface area contributed by atoms with Crippen LogP contribution in [0.5, 0.6) is 0 Å². The molecule has 0 saturated carbocycles. The third-order valence-electron chi connectivity index (χ3n) is 3.67. The molecule has 0 bridgehead atoms. The summed E-state index contributed by atoms with van der Waals surface area (Å²) in [4.78, 5) is 16.3. The number of piperazine rings is 1. The molecule has 6 heteroatoms. The second kappa shape index (κ2) is 7.43. The topological polar surface area (TPSA) is 68.6 Å². The van der Waals surface area contributed by atoms with Gasteiger partial charge in [0.2, 0.25) is 5.91 Å². The Balaban J connectivity index is 1.68. The number of hydrogen-bond acceptors (Lipinski definition) is 5. The second-order valence-corrected chi connectivity index (χ2v) is 5.03. The lowest BCUT2D eigenvalue weighted by atomic mass is 10.2. The van der Waals surface area contributed by atoms with Crippen molar-refractivity contribution in [3.05, 3.63) is 0 Å². The van der Waals surface area contributed by atoms with Crippen molar-refractivity contribution in [2.75, 3.05) is 52.4 Å². The van der Waals surface area contributed by atoms with E-state index in [0.717, 1.165) is 45.8 Å². The fourth-order valence-electron chi connectivity index (χ4n) is 2.50. The summed E-state index contributed by atoms with van der Waals surface area (Å²) in [5, 5.41) is 11.8. The van der Waals surface area contributed by atoms with Crippen molar-refractivity contribution in [2.45, 2.75) is 18.9 Å². The van der Waals surface area contributed by atoms with Gasteiger partial charge in [-0.25, -0.2) is 0 Å². The molecule has 6 nitrogen and oxygen atoms in total. The van der Waals surface area contributed by atoms with Crippen LogP contribution in [0.4, 0.5) is 0 Å². The number of amides is 1. The van der Waals surface area contributed by atoms with E-state index in [1.165, 1.54) is 0 Å². The third kappa shape index (κ3) is 4.46. The highest BCUT2D eigenvalue weighted by molar-refractivity contribution is 5.76. The van der Waals surface area contributed by atoms with Crippen LogP contribution in [-0.2, 0) is 9.53 Å².